The summed E-state index contributed by atoms with van der Waals surface area (Å²) in [5, 5.41) is 3.79. The number of para-hydroxylation sites is 2. The van der Waals surface area contributed by atoms with E-state index < -0.39 is 0 Å². The highest BCUT2D eigenvalue weighted by Crippen LogP contribution is 2.29. The third-order valence-corrected chi connectivity index (χ3v) is 4.27. The maximum Gasteiger partial charge on any atom is 0.217 e. The zero-order valence-electron chi connectivity index (χ0n) is 12.4. The van der Waals surface area contributed by atoms with Gasteiger partial charge in [-0.1, -0.05) is 18.2 Å². The van der Waals surface area contributed by atoms with Crippen LogP contribution in [0.3, 0.4) is 0 Å². The van der Waals surface area contributed by atoms with Crippen molar-refractivity contribution in [2.75, 3.05) is 17.9 Å². The molecule has 0 saturated heterocycles. The van der Waals surface area contributed by atoms with Crippen molar-refractivity contribution in [3.8, 4) is 5.69 Å². The first-order valence-corrected chi connectivity index (χ1v) is 7.95. The molecule has 0 aliphatic carbocycles. The summed E-state index contributed by atoms with van der Waals surface area (Å²) in [4.78, 5) is 7.59. The first-order chi connectivity index (χ1) is 11.3. The molecule has 0 fully saturated rings. The third kappa shape index (κ3) is 2.30. The van der Waals surface area contributed by atoms with E-state index in [9.17, 15) is 0 Å². The van der Waals surface area contributed by atoms with Crippen molar-refractivity contribution in [2.45, 2.75) is 0 Å². The second kappa shape index (κ2) is 5.53. The standard InChI is InChI=1S/C16H15N5OS/c1-22-15-10-23-19-21(15)12-6-4-5-11(9-12)20-14-8-3-2-7-13(14)18-16(20)17/h2-10,19H,1H3,(H2,17,18). The molecule has 116 valence electrons. The average molecular weight is 325 g/mol. The lowest BCUT2D eigenvalue weighted by molar-refractivity contribution is 0.280. The number of methoxy groups -OCH3 is 1. The van der Waals surface area contributed by atoms with Gasteiger partial charge in [0.05, 0.1) is 29.5 Å². The largest absolute Gasteiger partial charge is 0.481 e. The van der Waals surface area contributed by atoms with Gasteiger partial charge in [-0.2, -0.15) is 4.83 Å². The van der Waals surface area contributed by atoms with Gasteiger partial charge in [-0.05, 0) is 42.3 Å². The summed E-state index contributed by atoms with van der Waals surface area (Å²) in [6.45, 7) is 0. The van der Waals surface area contributed by atoms with Gasteiger partial charge in [0.25, 0.3) is 0 Å². The quantitative estimate of drug-likeness (QED) is 0.722. The summed E-state index contributed by atoms with van der Waals surface area (Å²) in [6, 6.07) is 15.9. The Morgan fingerprint density at radius 2 is 1.96 bits per heavy atom. The number of fused-ring (bicyclic) bond motifs is 1. The number of nitrogen functional groups attached to an aromatic ring is 1. The number of aromatic nitrogens is 2. The minimum atomic E-state index is 0.467. The van der Waals surface area contributed by atoms with Crippen molar-refractivity contribution in [1.82, 2.24) is 14.4 Å². The van der Waals surface area contributed by atoms with E-state index in [4.69, 9.17) is 10.5 Å². The number of nitrogens with one attached hydrogen (secondary N) is 1. The van der Waals surface area contributed by atoms with Crippen LogP contribution in [-0.2, 0) is 4.74 Å². The molecule has 0 bridgehead atoms. The van der Waals surface area contributed by atoms with Crippen molar-refractivity contribution < 1.29 is 4.74 Å². The summed E-state index contributed by atoms with van der Waals surface area (Å²) < 4.78 is 7.31. The lowest BCUT2D eigenvalue weighted by Crippen LogP contribution is -2.28. The van der Waals surface area contributed by atoms with E-state index in [-0.39, 0.29) is 0 Å². The van der Waals surface area contributed by atoms with Gasteiger partial charge >= 0.3 is 0 Å². The van der Waals surface area contributed by atoms with Crippen LogP contribution in [0.5, 0.6) is 0 Å². The number of rotatable bonds is 3. The molecule has 6 nitrogen and oxygen atoms in total. The van der Waals surface area contributed by atoms with E-state index in [1.807, 2.05) is 63.5 Å². The Bertz CT molecular complexity index is 904. The van der Waals surface area contributed by atoms with Crippen LogP contribution in [0.25, 0.3) is 16.7 Å². The fraction of sp³-hybridized carbons (Fsp3) is 0.0625. The first kappa shape index (κ1) is 14.0. The van der Waals surface area contributed by atoms with Crippen molar-refractivity contribution in [1.29, 1.82) is 0 Å². The van der Waals surface area contributed by atoms with E-state index in [0.29, 0.717) is 5.95 Å². The van der Waals surface area contributed by atoms with Gasteiger partial charge in [-0.25, -0.2) is 9.99 Å². The van der Waals surface area contributed by atoms with Crippen LogP contribution in [0.2, 0.25) is 0 Å². The van der Waals surface area contributed by atoms with Crippen LogP contribution in [0, 0.1) is 0 Å². The number of imidazole rings is 1. The Labute approximate surface area is 137 Å². The van der Waals surface area contributed by atoms with Gasteiger partial charge in [0.2, 0.25) is 11.8 Å². The molecule has 7 heteroatoms. The van der Waals surface area contributed by atoms with Crippen LogP contribution in [-0.4, -0.2) is 16.7 Å². The molecule has 3 aromatic rings. The summed E-state index contributed by atoms with van der Waals surface area (Å²) in [5.74, 6) is 1.21. The Hall–Kier alpha value is -2.64. The smallest absolute Gasteiger partial charge is 0.217 e. The lowest BCUT2D eigenvalue weighted by atomic mass is 10.2. The first-order valence-electron chi connectivity index (χ1n) is 7.07. The minimum absolute atomic E-state index is 0.467. The third-order valence-electron chi connectivity index (χ3n) is 3.67. The molecule has 0 atom stereocenters. The molecule has 0 unspecified atom stereocenters. The summed E-state index contributed by atoms with van der Waals surface area (Å²) in [6.07, 6.45) is 0. The molecule has 2 aromatic carbocycles. The van der Waals surface area contributed by atoms with Crippen molar-refractivity contribution >= 4 is 34.6 Å². The Morgan fingerprint density at radius 1 is 1.13 bits per heavy atom. The fourth-order valence-corrected chi connectivity index (χ4v) is 3.29. The van der Waals surface area contributed by atoms with Crippen LogP contribution in [0.4, 0.5) is 11.6 Å². The number of nitrogens with two attached hydrogens (primary N) is 1. The van der Waals surface area contributed by atoms with Crippen molar-refractivity contribution in [2.24, 2.45) is 0 Å². The van der Waals surface area contributed by atoms with Gasteiger partial charge in [-0.15, -0.1) is 0 Å². The molecule has 0 amide bonds. The maximum atomic E-state index is 6.12. The molecule has 0 radical (unpaired) electrons. The van der Waals surface area contributed by atoms with Gasteiger partial charge < -0.3 is 10.5 Å². The topological polar surface area (TPSA) is 68.3 Å². The predicted molar refractivity (Wildman–Crippen MR) is 93.8 cm³/mol. The molecular formula is C16H15N5OS. The number of benzene rings is 2. The molecule has 0 spiro atoms. The number of ether oxygens (including phenoxy) is 1. The molecule has 1 aromatic heterocycles. The number of nitrogens with zero attached hydrogens (tertiary/aromatic N) is 3. The highest BCUT2D eigenvalue weighted by Gasteiger charge is 2.19. The van der Waals surface area contributed by atoms with Crippen LogP contribution < -0.4 is 15.6 Å². The monoisotopic (exact) mass is 325 g/mol. The minimum Gasteiger partial charge on any atom is -0.481 e. The predicted octanol–water partition coefficient (Wildman–Crippen LogP) is 3.03. The van der Waals surface area contributed by atoms with Gasteiger partial charge in [-0.3, -0.25) is 4.57 Å². The highest BCUT2D eigenvalue weighted by atomic mass is 32.2. The van der Waals surface area contributed by atoms with Gasteiger partial charge in [0.15, 0.2) is 0 Å². The van der Waals surface area contributed by atoms with E-state index >= 15 is 0 Å². The number of hydrogen-bond donors (Lipinski definition) is 2. The number of hydrazine groups is 1. The van der Waals surface area contributed by atoms with E-state index in [2.05, 4.69) is 9.82 Å². The molecule has 4 rings (SSSR count). The molecule has 1 aliphatic heterocycles. The van der Waals surface area contributed by atoms with Crippen molar-refractivity contribution in [3.05, 3.63) is 59.8 Å². The van der Waals surface area contributed by atoms with Crippen LogP contribution >= 0.6 is 11.9 Å². The highest BCUT2D eigenvalue weighted by molar-refractivity contribution is 8.00. The number of anilines is 2. The molecule has 23 heavy (non-hydrogen) atoms. The van der Waals surface area contributed by atoms with Gasteiger partial charge in [0.1, 0.15) is 0 Å². The number of hydrogen-bond acceptors (Lipinski definition) is 6. The Kier molecular flexibility index (Phi) is 3.36. The molecule has 3 N–H and O–H groups in total. The van der Waals surface area contributed by atoms with E-state index in [0.717, 1.165) is 28.3 Å². The van der Waals surface area contributed by atoms with Crippen molar-refractivity contribution in [3.63, 3.8) is 0 Å². The zero-order chi connectivity index (χ0) is 15.8. The maximum absolute atomic E-state index is 6.12. The Balaban J connectivity index is 1.82. The normalized spacial score (nSPS) is 14.3. The summed E-state index contributed by atoms with van der Waals surface area (Å²) in [5.41, 5.74) is 9.89. The molecule has 2 heterocycles. The average Bonchev–Trinajstić information content (AvgIpc) is 3.18. The summed E-state index contributed by atoms with van der Waals surface area (Å²) >= 11 is 1.46. The lowest BCUT2D eigenvalue weighted by Gasteiger charge is -2.20. The van der Waals surface area contributed by atoms with Crippen LogP contribution in [0.1, 0.15) is 0 Å². The van der Waals surface area contributed by atoms with Gasteiger partial charge in [0, 0.05) is 5.41 Å². The molecule has 0 saturated carbocycles. The SMILES string of the molecule is COC1=CSNN1c1cccc(-n2c(N)nc3ccccc32)c1. The fourth-order valence-electron chi connectivity index (χ4n) is 2.63. The Morgan fingerprint density at radius 3 is 2.83 bits per heavy atom. The van der Waals surface area contributed by atoms with Crippen LogP contribution in [0.15, 0.2) is 59.8 Å². The molecule has 1 aliphatic rings. The zero-order valence-corrected chi connectivity index (χ0v) is 13.2. The molecular weight excluding hydrogens is 310 g/mol. The van der Waals surface area contributed by atoms with E-state index in [1.165, 1.54) is 11.9 Å². The van der Waals surface area contributed by atoms with E-state index in [1.54, 1.807) is 7.11 Å². The summed E-state index contributed by atoms with van der Waals surface area (Å²) in [7, 11) is 1.65. The second-order valence-electron chi connectivity index (χ2n) is 5.02. The second-order valence-corrected chi connectivity index (χ2v) is 5.67.